The van der Waals surface area contributed by atoms with Gasteiger partial charge in [-0.25, -0.2) is 9.59 Å². The summed E-state index contributed by atoms with van der Waals surface area (Å²) in [6.45, 7) is 15.1. The second kappa shape index (κ2) is 16.7. The lowest BCUT2D eigenvalue weighted by Gasteiger charge is -2.20. The second-order valence-electron chi connectivity index (χ2n) is 13.1. The van der Waals surface area contributed by atoms with Gasteiger partial charge in [-0.2, -0.15) is 0 Å². The molecule has 0 unspecified atom stereocenters. The van der Waals surface area contributed by atoms with Crippen LogP contribution in [0, 0.1) is 0 Å². The van der Waals surface area contributed by atoms with Gasteiger partial charge in [0.25, 0.3) is 11.8 Å². The van der Waals surface area contributed by atoms with E-state index in [-0.39, 0.29) is 25.6 Å². The van der Waals surface area contributed by atoms with Crippen molar-refractivity contribution in [1.29, 1.82) is 0 Å². The van der Waals surface area contributed by atoms with Gasteiger partial charge in [-0.1, -0.05) is 60.7 Å². The molecular weight excluding hydrogens is 620 g/mol. The zero-order valence-electron chi connectivity index (χ0n) is 28.8. The first-order chi connectivity index (χ1) is 22.5. The number of amides is 2. The van der Waals surface area contributed by atoms with Crippen LogP contribution in [0.4, 0.5) is 9.59 Å². The number of carbonyl (C=O) groups excluding carboxylic acids is 2. The predicted molar refractivity (Wildman–Crippen MR) is 179 cm³/mol. The van der Waals surface area contributed by atoms with Crippen LogP contribution in [0.2, 0.25) is 0 Å². The Labute approximate surface area is 280 Å². The highest BCUT2D eigenvalue weighted by molar-refractivity contribution is 5.68. The van der Waals surface area contributed by atoms with Crippen LogP contribution in [-0.4, -0.2) is 65.1 Å². The van der Waals surface area contributed by atoms with Gasteiger partial charge in [0.1, 0.15) is 24.4 Å². The van der Waals surface area contributed by atoms with Crippen molar-refractivity contribution in [1.82, 2.24) is 20.9 Å². The minimum atomic E-state index is -1.21. The molecule has 0 saturated heterocycles. The smallest absolute Gasteiger partial charge is 0.407 e. The largest absolute Gasteiger partial charge is 0.474 e. The van der Waals surface area contributed by atoms with E-state index in [4.69, 9.17) is 28.0 Å². The molecule has 2 aromatic heterocycles. The Kier molecular flexibility index (Phi) is 13.0. The van der Waals surface area contributed by atoms with E-state index in [2.05, 4.69) is 20.9 Å². The number of hydrogen-bond donors (Lipinski definition) is 3. The third-order valence-corrected chi connectivity index (χ3v) is 5.88. The van der Waals surface area contributed by atoms with E-state index in [1.54, 1.807) is 40.7 Å². The molecule has 260 valence electrons. The molecule has 2 aromatic carbocycles. The highest BCUT2D eigenvalue weighted by Gasteiger charge is 2.31. The van der Waals surface area contributed by atoms with Crippen molar-refractivity contribution >= 4 is 12.2 Å². The molecule has 0 atom stereocenters. The first kappa shape index (κ1) is 37.4. The zero-order chi connectivity index (χ0) is 35.4. The van der Waals surface area contributed by atoms with Gasteiger partial charge in [-0.05, 0) is 65.7 Å². The number of aromatic nitrogens is 2. The third-order valence-electron chi connectivity index (χ3n) is 5.88. The molecule has 4 rings (SSSR count). The third kappa shape index (κ3) is 13.0. The monoisotopic (exact) mass is 666 g/mol. The van der Waals surface area contributed by atoms with Crippen LogP contribution in [0.1, 0.15) is 61.0 Å². The van der Waals surface area contributed by atoms with Crippen LogP contribution in [0.15, 0.2) is 75.8 Å². The van der Waals surface area contributed by atoms with Crippen molar-refractivity contribution in [2.45, 2.75) is 72.2 Å². The molecule has 0 spiro atoms. The van der Waals surface area contributed by atoms with Gasteiger partial charge < -0.3 is 43.7 Å². The Hall–Kier alpha value is -5.04. The summed E-state index contributed by atoms with van der Waals surface area (Å²) in [5.74, 6) is 1.66. The van der Waals surface area contributed by atoms with Gasteiger partial charge in [0.2, 0.25) is 0 Å². The standard InChI is InChI=1S/C19H26N2O5.C16H20N2O4/c1-18(2,3)25-17(22)20-11-12-24-16-14(19(4,5)23)15(26-21-16)13-9-7-6-8-10-13;1-16(2,3)21-15(19)17-9-10-20-14-11-13(22-18-14)12-7-5-4-6-8-12/h6-10,23H,11-12H2,1-5H3,(H,20,22);4-8,11H,9-10H2,1-3H3,(H,17,19). The molecule has 13 heteroatoms. The SMILES string of the molecule is CC(C)(C)OC(=O)NCCOc1cc(-c2ccccc2)on1.CC(C)(C)OC(=O)NCCOc1noc(-c2ccccc2)c1C(C)(C)O. The molecule has 3 N–H and O–H groups in total. The highest BCUT2D eigenvalue weighted by Crippen LogP contribution is 2.38. The van der Waals surface area contributed by atoms with E-state index in [0.717, 1.165) is 11.1 Å². The maximum absolute atomic E-state index is 11.6. The minimum Gasteiger partial charge on any atom is -0.474 e. The van der Waals surface area contributed by atoms with Crippen molar-refractivity contribution < 1.29 is 42.7 Å². The van der Waals surface area contributed by atoms with E-state index >= 15 is 0 Å². The molecule has 0 fully saturated rings. The Bertz CT molecular complexity index is 1570. The lowest BCUT2D eigenvalue weighted by atomic mass is 9.95. The minimum absolute atomic E-state index is 0.156. The van der Waals surface area contributed by atoms with Crippen LogP contribution >= 0.6 is 0 Å². The molecule has 48 heavy (non-hydrogen) atoms. The van der Waals surface area contributed by atoms with Gasteiger partial charge in [0.15, 0.2) is 11.5 Å². The first-order valence-electron chi connectivity index (χ1n) is 15.5. The normalized spacial score (nSPS) is 11.5. The summed E-state index contributed by atoms with van der Waals surface area (Å²) < 4.78 is 31.9. The summed E-state index contributed by atoms with van der Waals surface area (Å²) in [7, 11) is 0. The van der Waals surface area contributed by atoms with Crippen LogP contribution in [-0.2, 0) is 15.1 Å². The molecule has 0 aliphatic rings. The van der Waals surface area contributed by atoms with Crippen molar-refractivity contribution in [3.8, 4) is 34.4 Å². The van der Waals surface area contributed by atoms with Crippen LogP contribution in [0.5, 0.6) is 11.8 Å². The van der Waals surface area contributed by atoms with E-state index in [9.17, 15) is 14.7 Å². The topological polar surface area (TPSA) is 167 Å². The van der Waals surface area contributed by atoms with Crippen molar-refractivity contribution in [2.75, 3.05) is 26.3 Å². The molecule has 2 heterocycles. The number of nitrogens with one attached hydrogen (secondary N) is 2. The molecule has 13 nitrogen and oxygen atoms in total. The maximum Gasteiger partial charge on any atom is 0.407 e. The fourth-order valence-electron chi connectivity index (χ4n) is 4.00. The number of rotatable bonds is 11. The number of benzene rings is 2. The maximum atomic E-state index is 11.6. The summed E-state index contributed by atoms with van der Waals surface area (Å²) in [4.78, 5) is 23.1. The van der Waals surface area contributed by atoms with Crippen molar-refractivity contribution in [3.63, 3.8) is 0 Å². The molecule has 0 radical (unpaired) electrons. The number of nitrogens with zero attached hydrogens (tertiary/aromatic N) is 2. The van der Waals surface area contributed by atoms with Gasteiger partial charge >= 0.3 is 12.2 Å². The molecular formula is C35H46N4O9. The zero-order valence-corrected chi connectivity index (χ0v) is 28.8. The quantitative estimate of drug-likeness (QED) is 0.145. The summed E-state index contributed by atoms with van der Waals surface area (Å²) >= 11 is 0. The van der Waals surface area contributed by atoms with Gasteiger partial charge in [-0.15, -0.1) is 0 Å². The lowest BCUT2D eigenvalue weighted by molar-refractivity contribution is 0.0507. The molecule has 0 aliphatic heterocycles. The molecule has 2 amide bonds. The molecule has 4 aromatic rings. The average molecular weight is 667 g/mol. The molecule has 0 aliphatic carbocycles. The van der Waals surface area contributed by atoms with E-state index in [1.165, 1.54) is 0 Å². The van der Waals surface area contributed by atoms with Gasteiger partial charge in [0.05, 0.1) is 24.3 Å². The van der Waals surface area contributed by atoms with E-state index < -0.39 is 29.0 Å². The number of aliphatic hydroxyl groups is 1. The Balaban J connectivity index is 0.000000264. The molecule has 0 bridgehead atoms. The molecule has 0 saturated carbocycles. The van der Waals surface area contributed by atoms with Crippen LogP contribution in [0.25, 0.3) is 22.6 Å². The first-order valence-corrected chi connectivity index (χ1v) is 15.5. The van der Waals surface area contributed by atoms with Crippen LogP contribution in [0.3, 0.4) is 0 Å². The Morgan fingerprint density at radius 2 is 1.21 bits per heavy atom. The summed E-state index contributed by atoms with van der Waals surface area (Å²) in [6.07, 6.45) is -0.991. The summed E-state index contributed by atoms with van der Waals surface area (Å²) in [5, 5.41) is 23.5. The second-order valence-corrected chi connectivity index (χ2v) is 13.1. The van der Waals surface area contributed by atoms with Crippen molar-refractivity contribution in [2.24, 2.45) is 0 Å². The lowest BCUT2D eigenvalue weighted by Crippen LogP contribution is -2.34. The van der Waals surface area contributed by atoms with E-state index in [0.29, 0.717) is 29.5 Å². The average Bonchev–Trinajstić information content (AvgIpc) is 3.65. The Morgan fingerprint density at radius 3 is 1.71 bits per heavy atom. The fraction of sp³-hybridized carbons (Fsp3) is 0.429. The Morgan fingerprint density at radius 1 is 0.708 bits per heavy atom. The number of carbonyl (C=O) groups is 2. The van der Waals surface area contributed by atoms with Gasteiger partial charge in [-0.3, -0.25) is 0 Å². The van der Waals surface area contributed by atoms with E-state index in [1.807, 2.05) is 81.4 Å². The summed E-state index contributed by atoms with van der Waals surface area (Å²) in [6, 6.07) is 20.7. The van der Waals surface area contributed by atoms with Crippen LogP contribution < -0.4 is 20.1 Å². The predicted octanol–water partition coefficient (Wildman–Crippen LogP) is 6.72. The number of hydrogen-bond acceptors (Lipinski definition) is 11. The fourth-order valence-corrected chi connectivity index (χ4v) is 4.00. The summed E-state index contributed by atoms with van der Waals surface area (Å²) in [5.41, 5.74) is -0.104. The van der Waals surface area contributed by atoms with Crippen molar-refractivity contribution in [3.05, 3.63) is 72.3 Å². The number of ether oxygens (including phenoxy) is 4. The highest BCUT2D eigenvalue weighted by atomic mass is 16.6. The van der Waals surface area contributed by atoms with Gasteiger partial charge in [0, 0.05) is 17.2 Å². The number of alkyl carbamates (subject to hydrolysis) is 2.